The third kappa shape index (κ3) is 2.03. The summed E-state index contributed by atoms with van der Waals surface area (Å²) in [7, 11) is 0. The lowest BCUT2D eigenvalue weighted by atomic mass is 10.2. The van der Waals surface area contributed by atoms with Gasteiger partial charge in [0.25, 0.3) is 0 Å². The smallest absolute Gasteiger partial charge is 0.0645 e. The van der Waals surface area contributed by atoms with Gasteiger partial charge in [0, 0.05) is 35.9 Å². The molecular formula is C10H13BrN2. The van der Waals surface area contributed by atoms with E-state index < -0.39 is 60.3 Å². The van der Waals surface area contributed by atoms with Crippen molar-refractivity contribution in [2.45, 2.75) is 0 Å². The van der Waals surface area contributed by atoms with Crippen LogP contribution in [0.25, 0.3) is 0 Å². The van der Waals surface area contributed by atoms with Gasteiger partial charge >= 0.3 is 0 Å². The van der Waals surface area contributed by atoms with Gasteiger partial charge in [-0.1, -0.05) is 12.1 Å². The number of piperazine rings is 1. The molecule has 0 radical (unpaired) electrons. The van der Waals surface area contributed by atoms with Gasteiger partial charge in [0.1, 0.15) is 0 Å². The van der Waals surface area contributed by atoms with Crippen LogP contribution in [0.1, 0.15) is 16.4 Å². The Bertz CT molecular complexity index is 678. The molecule has 70 valence electrons. The Morgan fingerprint density at radius 3 is 2.85 bits per heavy atom. The van der Waals surface area contributed by atoms with Crippen LogP contribution < -0.4 is 10.2 Å². The number of rotatable bonds is 1. The molecule has 1 heterocycles. The maximum atomic E-state index is 8.02. The lowest BCUT2D eigenvalue weighted by Gasteiger charge is -2.30. The van der Waals surface area contributed by atoms with Crippen LogP contribution in [0.15, 0.2) is 28.6 Å². The van der Waals surface area contributed by atoms with Crippen molar-refractivity contribution in [2.24, 2.45) is 0 Å². The molecule has 1 aliphatic rings. The van der Waals surface area contributed by atoms with Gasteiger partial charge in [0.05, 0.1) is 16.7 Å². The Kier molecular flexibility index (Phi) is 0.799. The normalized spacial score (nSPS) is 46.4. The standard InChI is InChI=1S/C10H13BrN2/c11-9-3-1-2-4-10(9)13-7-5-12-6-8-13/h1-4,12H,5-8H2/i1D,2D,3D,4D,5D2,6D2,7D2,8D2. The van der Waals surface area contributed by atoms with Crippen LogP contribution in [0.2, 0.25) is 0 Å². The zero-order valence-corrected chi connectivity index (χ0v) is 7.91. The first-order chi connectivity index (χ1) is 11.0. The highest BCUT2D eigenvalue weighted by molar-refractivity contribution is 9.10. The average Bonchev–Trinajstić information content (AvgIpc) is 2.44. The van der Waals surface area contributed by atoms with E-state index >= 15 is 0 Å². The van der Waals surface area contributed by atoms with Crippen molar-refractivity contribution in [3.05, 3.63) is 28.6 Å². The van der Waals surface area contributed by atoms with Crippen LogP contribution in [-0.4, -0.2) is 26.0 Å². The Morgan fingerprint density at radius 2 is 2.08 bits per heavy atom. The minimum atomic E-state index is -3.19. The summed E-state index contributed by atoms with van der Waals surface area (Å²) in [4.78, 5) is 0.0818. The van der Waals surface area contributed by atoms with Crippen molar-refractivity contribution in [1.82, 2.24) is 5.32 Å². The fourth-order valence-corrected chi connectivity index (χ4v) is 1.16. The molecule has 2 rings (SSSR count). The first-order valence-corrected chi connectivity index (χ1v) is 4.15. The maximum Gasteiger partial charge on any atom is 0.0645 e. The Balaban J connectivity index is 2.92. The molecule has 1 fully saturated rings. The number of benzene rings is 1. The van der Waals surface area contributed by atoms with Crippen LogP contribution in [0, 0.1) is 0 Å². The molecule has 13 heavy (non-hydrogen) atoms. The molecule has 2 nitrogen and oxygen atoms in total. The van der Waals surface area contributed by atoms with Crippen molar-refractivity contribution < 1.29 is 16.4 Å². The molecule has 0 aliphatic carbocycles. The Labute approximate surface area is 104 Å². The second kappa shape index (κ2) is 4.11. The first kappa shape index (κ1) is 2.52. The van der Waals surface area contributed by atoms with Crippen LogP contribution >= 0.6 is 15.9 Å². The minimum absolute atomic E-state index is 0.0818. The molecule has 3 heteroatoms. The number of hydrogen-bond acceptors (Lipinski definition) is 2. The fraction of sp³-hybridized carbons (Fsp3) is 0.400. The van der Waals surface area contributed by atoms with E-state index in [1.54, 1.807) is 5.32 Å². The number of nitrogens with one attached hydrogen (secondary N) is 1. The van der Waals surface area contributed by atoms with E-state index in [4.69, 9.17) is 16.4 Å². The molecule has 0 spiro atoms. The summed E-state index contributed by atoms with van der Waals surface area (Å²) in [6.07, 6.45) is 0. The van der Waals surface area contributed by atoms with Gasteiger partial charge in [-0.3, -0.25) is 0 Å². The van der Waals surface area contributed by atoms with E-state index in [0.717, 1.165) is 0 Å². The summed E-state index contributed by atoms with van der Waals surface area (Å²) >= 11 is 2.88. The monoisotopic (exact) mass is 252 g/mol. The molecule has 1 aromatic carbocycles. The maximum absolute atomic E-state index is 8.02. The van der Waals surface area contributed by atoms with Crippen LogP contribution in [0.3, 0.4) is 0 Å². The summed E-state index contributed by atoms with van der Waals surface area (Å²) in [6, 6.07) is -2.88. The summed E-state index contributed by atoms with van der Waals surface area (Å²) < 4.78 is 93.7. The Hall–Kier alpha value is -0.540. The summed E-state index contributed by atoms with van der Waals surface area (Å²) in [5.74, 6) is 0. The molecule has 0 amide bonds. The van der Waals surface area contributed by atoms with Crippen molar-refractivity contribution in [1.29, 1.82) is 0 Å². The van der Waals surface area contributed by atoms with Gasteiger partial charge in [0.15, 0.2) is 0 Å². The van der Waals surface area contributed by atoms with Crippen LogP contribution in [-0.2, 0) is 0 Å². The van der Waals surface area contributed by atoms with Crippen molar-refractivity contribution in [3.63, 3.8) is 0 Å². The highest BCUT2D eigenvalue weighted by Crippen LogP contribution is 2.25. The van der Waals surface area contributed by atoms with Gasteiger partial charge in [-0.2, -0.15) is 0 Å². The molecular weight excluding hydrogens is 228 g/mol. The highest BCUT2D eigenvalue weighted by atomic mass is 79.9. The number of nitrogens with zero attached hydrogens (tertiary/aromatic N) is 1. The summed E-state index contributed by atoms with van der Waals surface area (Å²) in [5.41, 5.74) is -0.713. The molecule has 1 aliphatic heterocycles. The predicted molar refractivity (Wildman–Crippen MR) is 59.2 cm³/mol. The van der Waals surface area contributed by atoms with E-state index in [0.29, 0.717) is 0 Å². The SMILES string of the molecule is [2H]c1c([2H])c([2H])c(N2C([2H])([2H])C([2H])([2H])NC([2H])([2H])C2([2H])[2H])c(Br)c1[2H]. The van der Waals surface area contributed by atoms with Crippen molar-refractivity contribution in [3.8, 4) is 0 Å². The lowest BCUT2D eigenvalue weighted by molar-refractivity contribution is 0.588. The zero-order valence-electron chi connectivity index (χ0n) is 18.3. The van der Waals surface area contributed by atoms with Crippen LogP contribution in [0.5, 0.6) is 0 Å². The van der Waals surface area contributed by atoms with Gasteiger partial charge in [-0.05, 0) is 28.0 Å². The van der Waals surface area contributed by atoms with E-state index in [2.05, 4.69) is 15.9 Å². The van der Waals surface area contributed by atoms with Crippen molar-refractivity contribution >= 4 is 21.6 Å². The number of hydrogen-bond donors (Lipinski definition) is 1. The summed E-state index contributed by atoms with van der Waals surface area (Å²) in [6.45, 7) is -12.5. The molecule has 0 bridgehead atoms. The molecule has 1 saturated heterocycles. The summed E-state index contributed by atoms with van der Waals surface area (Å²) in [5, 5.41) is 1.66. The number of halogens is 1. The minimum Gasteiger partial charge on any atom is -0.368 e. The van der Waals surface area contributed by atoms with Gasteiger partial charge < -0.3 is 10.2 Å². The molecule has 0 unspecified atom stereocenters. The largest absolute Gasteiger partial charge is 0.368 e. The molecule has 0 saturated carbocycles. The zero-order chi connectivity index (χ0) is 19.7. The van der Waals surface area contributed by atoms with E-state index in [-0.39, 0.29) is 4.90 Å². The molecule has 0 atom stereocenters. The number of anilines is 1. The quantitative estimate of drug-likeness (QED) is 0.821. The first-order valence-electron chi connectivity index (χ1n) is 9.36. The molecule has 1 N–H and O–H groups in total. The third-order valence-electron chi connectivity index (χ3n) is 1.31. The van der Waals surface area contributed by atoms with E-state index in [1.165, 1.54) is 0 Å². The third-order valence-corrected chi connectivity index (χ3v) is 1.88. The number of para-hydroxylation sites is 1. The Morgan fingerprint density at radius 1 is 1.38 bits per heavy atom. The van der Waals surface area contributed by atoms with E-state index in [9.17, 15) is 0 Å². The lowest BCUT2D eigenvalue weighted by Crippen LogP contribution is -2.43. The van der Waals surface area contributed by atoms with Crippen LogP contribution in [0.4, 0.5) is 5.69 Å². The second-order valence-electron chi connectivity index (χ2n) is 2.10. The van der Waals surface area contributed by atoms with Gasteiger partial charge in [0.2, 0.25) is 0 Å². The van der Waals surface area contributed by atoms with Gasteiger partial charge in [-0.15, -0.1) is 0 Å². The fourth-order valence-electron chi connectivity index (χ4n) is 0.783. The highest BCUT2D eigenvalue weighted by Gasteiger charge is 2.11. The predicted octanol–water partition coefficient (Wildman–Crippen LogP) is 1.86. The average molecular weight is 253 g/mol. The van der Waals surface area contributed by atoms with E-state index in [1.807, 2.05) is 0 Å². The van der Waals surface area contributed by atoms with Gasteiger partial charge in [-0.25, -0.2) is 0 Å². The molecule has 1 aromatic rings. The van der Waals surface area contributed by atoms with Crippen molar-refractivity contribution in [2.75, 3.05) is 30.9 Å². The molecule has 0 aromatic heterocycles. The second-order valence-corrected chi connectivity index (χ2v) is 2.89. The topological polar surface area (TPSA) is 15.3 Å².